The minimum absolute atomic E-state index is 0. The molecular weight excluding hydrogens is 146 g/mol. The van der Waals surface area contributed by atoms with Crippen LogP contribution in [0.4, 0.5) is 0 Å². The van der Waals surface area contributed by atoms with E-state index in [0.29, 0.717) is 0 Å². The Morgan fingerprint density at radius 1 is 1.67 bits per heavy atom. The van der Waals surface area contributed by atoms with Crippen LogP contribution in [0.25, 0.3) is 0 Å². The van der Waals surface area contributed by atoms with E-state index in [4.69, 9.17) is 9.46 Å². The van der Waals surface area contributed by atoms with Crippen molar-refractivity contribution in [2.45, 2.75) is 26.2 Å². The van der Waals surface area contributed by atoms with Crippen LogP contribution in [0, 0.1) is 5.92 Å². The van der Waals surface area contributed by atoms with E-state index < -0.39 is 8.69 Å². The van der Waals surface area contributed by atoms with Gasteiger partial charge in [0.05, 0.1) is 0 Å². The zero-order chi connectivity index (χ0) is 6.41. The molecule has 0 aliphatic heterocycles. The van der Waals surface area contributed by atoms with Gasteiger partial charge in [-0.15, -0.1) is 0 Å². The first-order valence-electron chi connectivity index (χ1n) is 2.84. The summed E-state index contributed by atoms with van der Waals surface area (Å²) in [6.07, 6.45) is 4.44. The molecule has 4 heteroatoms. The van der Waals surface area contributed by atoms with Crippen LogP contribution in [0.1, 0.15) is 26.2 Å². The van der Waals surface area contributed by atoms with Crippen LogP contribution in [-0.4, -0.2) is 0 Å². The van der Waals surface area contributed by atoms with Crippen molar-refractivity contribution < 1.29 is 39.0 Å². The van der Waals surface area contributed by atoms with Crippen molar-refractivity contribution in [3.63, 3.8) is 0 Å². The van der Waals surface area contributed by atoms with Gasteiger partial charge in [-0.1, -0.05) is 30.8 Å². The van der Waals surface area contributed by atoms with E-state index in [-0.39, 0.29) is 29.6 Å². The zero-order valence-corrected chi connectivity index (χ0v) is 9.02. The first-order chi connectivity index (χ1) is 3.85. The fourth-order valence-corrected chi connectivity index (χ4v) is 0.526. The number of hydrogen-bond donors (Lipinski definition) is 0. The molecule has 1 saturated carbocycles. The summed E-state index contributed by atoms with van der Waals surface area (Å²) in [5.74, 6) is 1.13. The maximum Gasteiger partial charge on any atom is 1.00 e. The molecule has 1 aliphatic carbocycles. The summed E-state index contributed by atoms with van der Waals surface area (Å²) in [7, 11) is -1.42. The van der Waals surface area contributed by atoms with Gasteiger partial charge >= 0.3 is 29.6 Å². The Hall–Kier alpha value is 1.06. The van der Waals surface area contributed by atoms with Gasteiger partial charge in [-0.2, -0.15) is 0 Å². The molecule has 1 rings (SSSR count). The zero-order valence-electron chi connectivity index (χ0n) is 6.02. The van der Waals surface area contributed by atoms with Crippen molar-refractivity contribution >= 4 is 8.69 Å². The molecule has 0 aromatic carbocycles. The number of hydrogen-bond acceptors (Lipinski definition) is 2. The molecule has 1 atom stereocenters. The summed E-state index contributed by atoms with van der Waals surface area (Å²) in [5, 5.41) is 0. The third-order valence-corrected chi connectivity index (χ3v) is 1.27. The number of rotatable bonds is 1. The summed E-state index contributed by atoms with van der Waals surface area (Å²) in [6, 6.07) is 0. The molecule has 0 spiro atoms. The second-order valence-corrected chi connectivity index (χ2v) is 2.10. The van der Waals surface area contributed by atoms with Crippen molar-refractivity contribution in [3.8, 4) is 0 Å². The quantitative estimate of drug-likeness (QED) is 0.329. The molecule has 9 heavy (non-hydrogen) atoms. The third-order valence-electron chi connectivity index (χ3n) is 1.27. The molecule has 0 radical (unpaired) electrons. The Labute approximate surface area is 79.6 Å². The Morgan fingerprint density at radius 2 is 2.00 bits per heavy atom. The van der Waals surface area contributed by atoms with E-state index in [1.807, 2.05) is 0 Å². The molecule has 0 N–H and O–H groups in total. The standard InChI is InChI=1S/C5H10.Na.HO2P/c1-2-5-3-4-5;;1-3-2/h5H,2-4H2,1H3;;3H/q;+1;. The van der Waals surface area contributed by atoms with Crippen LogP contribution in [0.15, 0.2) is 0 Å². The summed E-state index contributed by atoms with van der Waals surface area (Å²) >= 11 is 0. The first-order valence-corrected chi connectivity index (χ1v) is 3.66. The summed E-state index contributed by atoms with van der Waals surface area (Å²) in [4.78, 5) is 8.40. The predicted molar refractivity (Wildman–Crippen MR) is 32.0 cm³/mol. The van der Waals surface area contributed by atoms with Gasteiger partial charge in [0, 0.05) is 0 Å². The maximum absolute atomic E-state index is 8.40. The van der Waals surface area contributed by atoms with E-state index in [0.717, 1.165) is 5.92 Å². The summed E-state index contributed by atoms with van der Waals surface area (Å²) in [5.41, 5.74) is 0. The van der Waals surface area contributed by atoms with Gasteiger partial charge in [0.1, 0.15) is 0 Å². The van der Waals surface area contributed by atoms with Gasteiger partial charge in [0.15, 0.2) is 0 Å². The van der Waals surface area contributed by atoms with Crippen molar-refractivity contribution in [1.82, 2.24) is 0 Å². The smallest absolute Gasteiger partial charge is 0.597 e. The van der Waals surface area contributed by atoms with Crippen LogP contribution >= 0.6 is 8.69 Å². The van der Waals surface area contributed by atoms with E-state index >= 15 is 0 Å². The SMILES string of the molecule is CCC1CC1.O=[PH+][O-].[Na+]. The van der Waals surface area contributed by atoms with Crippen molar-refractivity contribution in [1.29, 1.82) is 0 Å². The summed E-state index contributed by atoms with van der Waals surface area (Å²) < 4.78 is 8.40. The molecule has 1 aliphatic rings. The van der Waals surface area contributed by atoms with Crippen molar-refractivity contribution in [2.24, 2.45) is 5.92 Å². The Morgan fingerprint density at radius 3 is 2.00 bits per heavy atom. The van der Waals surface area contributed by atoms with Gasteiger partial charge in [-0.3, -0.25) is 0 Å². The van der Waals surface area contributed by atoms with E-state index in [2.05, 4.69) is 6.92 Å². The Balaban J connectivity index is 0. The van der Waals surface area contributed by atoms with Gasteiger partial charge in [0.25, 0.3) is 8.69 Å². The second kappa shape index (κ2) is 9.06. The van der Waals surface area contributed by atoms with Crippen LogP contribution in [0.3, 0.4) is 0 Å². The minimum atomic E-state index is -1.42. The first kappa shape index (κ1) is 12.7. The molecule has 1 unspecified atom stereocenters. The minimum Gasteiger partial charge on any atom is -0.597 e. The predicted octanol–water partition coefficient (Wildman–Crippen LogP) is -1.90. The molecule has 0 amide bonds. The van der Waals surface area contributed by atoms with E-state index in [9.17, 15) is 0 Å². The fourth-order valence-electron chi connectivity index (χ4n) is 0.526. The summed E-state index contributed by atoms with van der Waals surface area (Å²) in [6.45, 7) is 2.26. The average Bonchev–Trinajstić information content (AvgIpc) is 2.48. The average molecular weight is 157 g/mol. The maximum atomic E-state index is 8.40. The van der Waals surface area contributed by atoms with Gasteiger partial charge in [-0.25, -0.2) is 0 Å². The fraction of sp³-hybridized carbons (Fsp3) is 1.00. The van der Waals surface area contributed by atoms with E-state index in [1.54, 1.807) is 0 Å². The van der Waals surface area contributed by atoms with Crippen molar-refractivity contribution in [2.75, 3.05) is 0 Å². The molecule has 48 valence electrons. The molecule has 0 heterocycles. The van der Waals surface area contributed by atoms with Gasteiger partial charge in [-0.05, 0) is 5.92 Å². The van der Waals surface area contributed by atoms with Crippen LogP contribution in [-0.2, 0) is 4.57 Å². The largest absolute Gasteiger partial charge is 1.00 e. The normalized spacial score (nSPS) is 15.3. The topological polar surface area (TPSA) is 40.1 Å². The Bertz CT molecular complexity index is 66.0. The molecular formula is C5H11NaO2P+. The molecule has 0 aromatic heterocycles. The van der Waals surface area contributed by atoms with Crippen molar-refractivity contribution in [3.05, 3.63) is 0 Å². The van der Waals surface area contributed by atoms with Gasteiger partial charge in [0.2, 0.25) is 0 Å². The Kier molecular flexibility index (Phi) is 12.8. The van der Waals surface area contributed by atoms with Gasteiger partial charge < -0.3 is 4.89 Å². The molecule has 0 aromatic rings. The molecule has 0 bridgehead atoms. The van der Waals surface area contributed by atoms with Crippen LogP contribution in [0.5, 0.6) is 0 Å². The second-order valence-electron chi connectivity index (χ2n) is 1.93. The third kappa shape index (κ3) is 12.3. The molecule has 0 saturated heterocycles. The monoisotopic (exact) mass is 157 g/mol. The molecule has 2 nitrogen and oxygen atoms in total. The van der Waals surface area contributed by atoms with Crippen LogP contribution < -0.4 is 34.5 Å². The van der Waals surface area contributed by atoms with Crippen LogP contribution in [0.2, 0.25) is 0 Å². The molecule has 1 fully saturated rings. The van der Waals surface area contributed by atoms with E-state index in [1.165, 1.54) is 19.3 Å².